The highest BCUT2D eigenvalue weighted by Gasteiger charge is 2.29. The first-order valence-electron chi connectivity index (χ1n) is 8.98. The summed E-state index contributed by atoms with van der Waals surface area (Å²) < 4.78 is 0. The number of aromatic nitrogens is 3. The molecular formula is C21H20N6O. The van der Waals surface area contributed by atoms with Gasteiger partial charge in [-0.2, -0.15) is 0 Å². The number of aliphatic imine (C=N–C) groups is 1. The van der Waals surface area contributed by atoms with Crippen LogP contribution in [0.15, 0.2) is 59.9 Å². The number of carbonyl (C=O) groups excluding carboxylic acids is 1. The van der Waals surface area contributed by atoms with Gasteiger partial charge in [0.05, 0.1) is 17.1 Å². The third-order valence-corrected chi connectivity index (χ3v) is 4.61. The van der Waals surface area contributed by atoms with Gasteiger partial charge in [-0.05, 0) is 42.0 Å². The lowest BCUT2D eigenvalue weighted by Crippen LogP contribution is -2.31. The minimum absolute atomic E-state index is 0.0626. The maximum atomic E-state index is 12.3. The summed E-state index contributed by atoms with van der Waals surface area (Å²) in [6, 6.07) is 13.3. The quantitative estimate of drug-likeness (QED) is 0.757. The molecule has 0 aliphatic carbocycles. The van der Waals surface area contributed by atoms with Crippen LogP contribution in [0.3, 0.4) is 0 Å². The summed E-state index contributed by atoms with van der Waals surface area (Å²) in [4.78, 5) is 31.6. The molecule has 1 aliphatic rings. The van der Waals surface area contributed by atoms with Crippen molar-refractivity contribution in [2.45, 2.75) is 12.8 Å². The minimum atomic E-state index is -0.0652. The van der Waals surface area contributed by atoms with Crippen LogP contribution in [0.25, 0.3) is 11.4 Å². The molecule has 0 fully saturated rings. The van der Waals surface area contributed by atoms with Gasteiger partial charge in [-0.15, -0.1) is 0 Å². The Balaban J connectivity index is 1.57. The molecule has 0 saturated heterocycles. The summed E-state index contributed by atoms with van der Waals surface area (Å²) in [5, 5.41) is 3.23. The number of benzene rings is 1. The normalized spacial score (nSPS) is 15.0. The fourth-order valence-electron chi connectivity index (χ4n) is 3.12. The molecule has 4 rings (SSSR count). The van der Waals surface area contributed by atoms with Crippen LogP contribution >= 0.6 is 0 Å². The molecule has 1 amide bonds. The highest BCUT2D eigenvalue weighted by Crippen LogP contribution is 2.37. The number of nitrogens with zero attached hydrogens (tertiary/aromatic N) is 5. The number of fused-ring (bicyclic) bond motifs is 1. The van der Waals surface area contributed by atoms with Crippen molar-refractivity contribution in [1.82, 2.24) is 19.9 Å². The van der Waals surface area contributed by atoms with Gasteiger partial charge in [0.15, 0.2) is 0 Å². The summed E-state index contributed by atoms with van der Waals surface area (Å²) in [6.45, 7) is 1.99. The van der Waals surface area contributed by atoms with Crippen LogP contribution in [0, 0.1) is 0 Å². The standard InChI is InChI=1S/C21H20N6O/c1-13-15-12-14(7-8-16(15)25-19(13)20(28)27(2)3)24-21-23-11-9-18(26-21)17-6-4-5-10-22-17/h4-13H,1-3H3,(H,23,24,26). The fourth-order valence-corrected chi connectivity index (χ4v) is 3.12. The van der Waals surface area contributed by atoms with Gasteiger partial charge in [-0.25, -0.2) is 15.0 Å². The number of anilines is 2. The molecule has 1 N–H and O–H groups in total. The zero-order valence-electron chi connectivity index (χ0n) is 15.9. The summed E-state index contributed by atoms with van der Waals surface area (Å²) >= 11 is 0. The molecule has 1 aliphatic heterocycles. The SMILES string of the molecule is CC1C(C(=O)N(C)C)=Nc2ccc(Nc3nccc(-c4ccccn4)n3)cc21. The summed E-state index contributed by atoms with van der Waals surface area (Å²) in [7, 11) is 3.47. The van der Waals surface area contributed by atoms with Crippen molar-refractivity contribution in [3.05, 3.63) is 60.4 Å². The van der Waals surface area contributed by atoms with Crippen LogP contribution in [0.4, 0.5) is 17.3 Å². The topological polar surface area (TPSA) is 83.4 Å². The lowest BCUT2D eigenvalue weighted by Gasteiger charge is -2.14. The van der Waals surface area contributed by atoms with E-state index in [2.05, 4.69) is 25.3 Å². The minimum Gasteiger partial charge on any atom is -0.344 e. The van der Waals surface area contributed by atoms with Gasteiger partial charge in [-0.3, -0.25) is 9.78 Å². The Morgan fingerprint density at radius 2 is 1.89 bits per heavy atom. The number of hydrogen-bond acceptors (Lipinski definition) is 6. The van der Waals surface area contributed by atoms with Gasteiger partial charge < -0.3 is 10.2 Å². The molecular weight excluding hydrogens is 352 g/mol. The Morgan fingerprint density at radius 1 is 1.04 bits per heavy atom. The van der Waals surface area contributed by atoms with Crippen molar-refractivity contribution in [2.75, 3.05) is 19.4 Å². The number of rotatable bonds is 4. The average molecular weight is 372 g/mol. The molecule has 1 atom stereocenters. The molecule has 0 bridgehead atoms. The highest BCUT2D eigenvalue weighted by atomic mass is 16.2. The largest absolute Gasteiger partial charge is 0.344 e. The van der Waals surface area contributed by atoms with E-state index in [0.717, 1.165) is 28.3 Å². The van der Waals surface area contributed by atoms with Crippen LogP contribution in [0.1, 0.15) is 18.4 Å². The molecule has 1 unspecified atom stereocenters. The first-order chi connectivity index (χ1) is 13.5. The van der Waals surface area contributed by atoms with Crippen molar-refractivity contribution < 1.29 is 4.79 Å². The molecule has 7 nitrogen and oxygen atoms in total. The van der Waals surface area contributed by atoms with E-state index in [0.29, 0.717) is 11.7 Å². The van der Waals surface area contributed by atoms with Crippen LogP contribution in [0.2, 0.25) is 0 Å². The number of amides is 1. The van der Waals surface area contributed by atoms with E-state index < -0.39 is 0 Å². The van der Waals surface area contributed by atoms with Gasteiger partial charge in [0.25, 0.3) is 5.91 Å². The summed E-state index contributed by atoms with van der Waals surface area (Å²) in [5.41, 5.74) is 4.77. The zero-order valence-corrected chi connectivity index (χ0v) is 15.9. The van der Waals surface area contributed by atoms with E-state index in [-0.39, 0.29) is 11.8 Å². The molecule has 140 valence electrons. The van der Waals surface area contributed by atoms with Gasteiger partial charge in [0.2, 0.25) is 5.95 Å². The van der Waals surface area contributed by atoms with Crippen molar-refractivity contribution in [1.29, 1.82) is 0 Å². The average Bonchev–Trinajstić information content (AvgIpc) is 3.04. The van der Waals surface area contributed by atoms with Crippen LogP contribution in [-0.4, -0.2) is 45.6 Å². The maximum absolute atomic E-state index is 12.3. The van der Waals surface area contributed by atoms with E-state index in [1.165, 1.54) is 0 Å². The van der Waals surface area contributed by atoms with Crippen molar-refractivity contribution in [2.24, 2.45) is 4.99 Å². The summed E-state index contributed by atoms with van der Waals surface area (Å²) in [5.74, 6) is 0.358. The third-order valence-electron chi connectivity index (χ3n) is 4.61. The molecule has 28 heavy (non-hydrogen) atoms. The first-order valence-corrected chi connectivity index (χ1v) is 8.98. The second-order valence-electron chi connectivity index (χ2n) is 6.80. The Hall–Kier alpha value is -3.61. The lowest BCUT2D eigenvalue weighted by molar-refractivity contribution is -0.121. The molecule has 1 aromatic carbocycles. The Bertz CT molecular complexity index is 1060. The first kappa shape index (κ1) is 17.8. The van der Waals surface area contributed by atoms with Crippen LogP contribution in [0.5, 0.6) is 0 Å². The van der Waals surface area contributed by atoms with Gasteiger partial charge in [0.1, 0.15) is 5.71 Å². The Morgan fingerprint density at radius 3 is 2.64 bits per heavy atom. The number of pyridine rings is 1. The van der Waals surface area contributed by atoms with Crippen molar-refractivity contribution in [3.8, 4) is 11.4 Å². The molecule has 2 aromatic heterocycles. The van der Waals surface area contributed by atoms with Gasteiger partial charge in [-0.1, -0.05) is 13.0 Å². The molecule has 0 radical (unpaired) electrons. The molecule has 3 heterocycles. The summed E-state index contributed by atoms with van der Waals surface area (Å²) in [6.07, 6.45) is 3.44. The van der Waals surface area contributed by atoms with Crippen LogP contribution < -0.4 is 5.32 Å². The predicted octanol–water partition coefficient (Wildman–Crippen LogP) is 3.56. The van der Waals surface area contributed by atoms with E-state index >= 15 is 0 Å². The Kier molecular flexibility index (Phi) is 4.57. The van der Waals surface area contributed by atoms with Crippen molar-refractivity contribution >= 4 is 28.9 Å². The van der Waals surface area contributed by atoms with Crippen LogP contribution in [-0.2, 0) is 4.79 Å². The second kappa shape index (κ2) is 7.19. The van der Waals surface area contributed by atoms with E-state index in [9.17, 15) is 4.79 Å². The molecule has 0 spiro atoms. The molecule has 7 heteroatoms. The van der Waals surface area contributed by atoms with Gasteiger partial charge in [0, 0.05) is 38.1 Å². The number of carbonyl (C=O) groups is 1. The van der Waals surface area contributed by atoms with E-state index in [1.54, 1.807) is 31.4 Å². The van der Waals surface area contributed by atoms with Crippen molar-refractivity contribution in [3.63, 3.8) is 0 Å². The number of nitrogens with one attached hydrogen (secondary N) is 1. The lowest BCUT2D eigenvalue weighted by atomic mass is 9.97. The number of hydrogen-bond donors (Lipinski definition) is 1. The molecule has 3 aromatic rings. The second-order valence-corrected chi connectivity index (χ2v) is 6.80. The fraction of sp³-hybridized carbons (Fsp3) is 0.190. The maximum Gasteiger partial charge on any atom is 0.268 e. The third kappa shape index (κ3) is 3.34. The highest BCUT2D eigenvalue weighted by molar-refractivity contribution is 6.42. The molecule has 0 saturated carbocycles. The zero-order chi connectivity index (χ0) is 19.7. The van der Waals surface area contributed by atoms with Gasteiger partial charge >= 0.3 is 0 Å². The smallest absolute Gasteiger partial charge is 0.268 e. The van der Waals surface area contributed by atoms with E-state index in [1.807, 2.05) is 49.4 Å². The Labute approximate surface area is 163 Å². The monoisotopic (exact) mass is 372 g/mol. The predicted molar refractivity (Wildman–Crippen MR) is 109 cm³/mol. The van der Waals surface area contributed by atoms with E-state index in [4.69, 9.17) is 0 Å².